The van der Waals surface area contributed by atoms with Gasteiger partial charge < -0.3 is 14.8 Å². The highest BCUT2D eigenvalue weighted by molar-refractivity contribution is 5.96. The molecule has 0 radical (unpaired) electrons. The van der Waals surface area contributed by atoms with Gasteiger partial charge in [0.05, 0.1) is 17.7 Å². The molecule has 0 aliphatic carbocycles. The summed E-state index contributed by atoms with van der Waals surface area (Å²) in [7, 11) is 1.65. The van der Waals surface area contributed by atoms with Crippen molar-refractivity contribution in [2.45, 2.75) is 70.4 Å². The Hall–Kier alpha value is -2.58. The minimum absolute atomic E-state index is 0.128. The molecule has 2 heterocycles. The van der Waals surface area contributed by atoms with Gasteiger partial charge in [-0.25, -0.2) is 0 Å². The number of hydrogen-bond donors (Lipinski definition) is 1. The van der Waals surface area contributed by atoms with Crippen LogP contribution in [-0.4, -0.2) is 49.3 Å². The average Bonchev–Trinajstić information content (AvgIpc) is 3.05. The van der Waals surface area contributed by atoms with Crippen molar-refractivity contribution in [3.63, 3.8) is 0 Å². The van der Waals surface area contributed by atoms with E-state index >= 15 is 0 Å². The second kappa shape index (κ2) is 10.6. The monoisotopic (exact) mass is 490 g/mol. The van der Waals surface area contributed by atoms with E-state index in [0.29, 0.717) is 25.3 Å². The largest absolute Gasteiger partial charge is 0.491 e. The molecule has 8 heteroatoms. The van der Waals surface area contributed by atoms with Gasteiger partial charge in [-0.15, -0.1) is 0 Å². The van der Waals surface area contributed by atoms with Crippen molar-refractivity contribution >= 4 is 5.91 Å². The van der Waals surface area contributed by atoms with Crippen molar-refractivity contribution in [1.29, 1.82) is 0 Å². The van der Waals surface area contributed by atoms with Gasteiger partial charge in [-0.2, -0.15) is 13.2 Å². The summed E-state index contributed by atoms with van der Waals surface area (Å²) in [4.78, 5) is 15.3. The number of nitrogens with one attached hydrogen (secondary N) is 1. The molecule has 35 heavy (non-hydrogen) atoms. The van der Waals surface area contributed by atoms with Crippen molar-refractivity contribution in [3.05, 3.63) is 64.2 Å². The van der Waals surface area contributed by atoms with Crippen LogP contribution in [0.15, 0.2) is 36.4 Å². The lowest BCUT2D eigenvalue weighted by Crippen LogP contribution is -2.50. The van der Waals surface area contributed by atoms with Gasteiger partial charge in [0.15, 0.2) is 0 Å². The lowest BCUT2D eigenvalue weighted by molar-refractivity contribution is -0.137. The highest BCUT2D eigenvalue weighted by Gasteiger charge is 2.42. The van der Waals surface area contributed by atoms with Crippen LogP contribution in [0, 0.1) is 13.8 Å². The number of carbonyl (C=O) groups is 1. The van der Waals surface area contributed by atoms with E-state index in [9.17, 15) is 18.0 Å². The van der Waals surface area contributed by atoms with Crippen molar-refractivity contribution in [2.24, 2.45) is 0 Å². The number of halogens is 3. The zero-order valence-corrected chi connectivity index (χ0v) is 20.5. The number of piperidine rings is 1. The van der Waals surface area contributed by atoms with Gasteiger partial charge in [0.25, 0.3) is 5.91 Å². The third kappa shape index (κ3) is 5.64. The molecule has 2 saturated heterocycles. The number of amides is 1. The van der Waals surface area contributed by atoms with E-state index in [4.69, 9.17) is 9.47 Å². The highest BCUT2D eigenvalue weighted by atomic mass is 19.4. The number of methoxy groups -OCH3 is 1. The molecule has 0 aromatic heterocycles. The van der Waals surface area contributed by atoms with Crippen molar-refractivity contribution in [3.8, 4) is 5.75 Å². The lowest BCUT2D eigenvalue weighted by atomic mass is 9.94. The molecule has 2 atom stereocenters. The minimum atomic E-state index is -4.56. The number of benzene rings is 2. The number of fused-ring (bicyclic) bond motifs is 2. The van der Waals surface area contributed by atoms with Gasteiger partial charge in [0.2, 0.25) is 0 Å². The van der Waals surface area contributed by atoms with E-state index in [-0.39, 0.29) is 11.6 Å². The molecule has 2 fully saturated rings. The van der Waals surface area contributed by atoms with Gasteiger partial charge in [-0.3, -0.25) is 9.69 Å². The van der Waals surface area contributed by atoms with Crippen LogP contribution in [0.3, 0.4) is 0 Å². The maximum Gasteiger partial charge on any atom is 0.417 e. The molecule has 0 saturated carbocycles. The summed E-state index contributed by atoms with van der Waals surface area (Å²) < 4.78 is 50.9. The van der Waals surface area contributed by atoms with Gasteiger partial charge in [-0.05, 0) is 74.4 Å². The molecule has 2 aliphatic rings. The summed E-state index contributed by atoms with van der Waals surface area (Å²) in [5.74, 6) is 0.220. The summed E-state index contributed by atoms with van der Waals surface area (Å²) in [6, 6.07) is 9.58. The third-order valence-electron chi connectivity index (χ3n) is 7.44. The topological polar surface area (TPSA) is 50.8 Å². The zero-order chi connectivity index (χ0) is 25.2. The molecule has 2 aromatic carbocycles. The Kier molecular flexibility index (Phi) is 7.71. The standard InChI is InChI=1S/C27H33F3N2O3/c1-17-18(2)25(35-13-12-34-3)11-8-19(17)16-32-21-9-10-22(32)15-20(14-21)31-26(33)23-6-4-5-7-24(23)27(28,29)30/h4-8,11,20-22H,9-10,12-16H2,1-3H3,(H,31,33). The average molecular weight is 491 g/mol. The molecule has 2 aliphatic heterocycles. The van der Waals surface area contributed by atoms with Crippen LogP contribution in [0.4, 0.5) is 13.2 Å². The van der Waals surface area contributed by atoms with E-state index < -0.39 is 17.6 Å². The molecule has 2 aromatic rings. The zero-order valence-electron chi connectivity index (χ0n) is 20.5. The maximum atomic E-state index is 13.3. The normalized spacial score (nSPS) is 22.3. The fourth-order valence-corrected chi connectivity index (χ4v) is 5.45. The van der Waals surface area contributed by atoms with E-state index in [0.717, 1.165) is 49.6 Å². The molecule has 5 nitrogen and oxygen atoms in total. The van der Waals surface area contributed by atoms with Crippen LogP contribution >= 0.6 is 0 Å². The molecule has 190 valence electrons. The summed E-state index contributed by atoms with van der Waals surface area (Å²) in [6.07, 6.45) is -1.01. The first-order valence-electron chi connectivity index (χ1n) is 12.1. The Morgan fingerprint density at radius 3 is 2.37 bits per heavy atom. The smallest absolute Gasteiger partial charge is 0.417 e. The minimum Gasteiger partial charge on any atom is -0.491 e. The fourth-order valence-electron chi connectivity index (χ4n) is 5.45. The summed E-state index contributed by atoms with van der Waals surface area (Å²) >= 11 is 0. The van der Waals surface area contributed by atoms with Crippen LogP contribution in [0.2, 0.25) is 0 Å². The molecule has 4 rings (SSSR count). The van der Waals surface area contributed by atoms with Crippen molar-refractivity contribution < 1.29 is 27.4 Å². The van der Waals surface area contributed by atoms with Crippen LogP contribution in [0.5, 0.6) is 5.75 Å². The second-order valence-electron chi connectivity index (χ2n) is 9.56. The third-order valence-corrected chi connectivity index (χ3v) is 7.44. The number of rotatable bonds is 8. The first-order chi connectivity index (χ1) is 16.7. The van der Waals surface area contributed by atoms with Gasteiger partial charge >= 0.3 is 6.18 Å². The Balaban J connectivity index is 1.40. The Morgan fingerprint density at radius 2 is 1.71 bits per heavy atom. The second-order valence-corrected chi connectivity index (χ2v) is 9.56. The number of ether oxygens (including phenoxy) is 2. The van der Waals surface area contributed by atoms with Gasteiger partial charge in [0, 0.05) is 31.8 Å². The lowest BCUT2D eigenvalue weighted by Gasteiger charge is -2.39. The predicted octanol–water partition coefficient (Wildman–Crippen LogP) is 5.27. The molecule has 2 bridgehead atoms. The first kappa shape index (κ1) is 25.5. The first-order valence-corrected chi connectivity index (χ1v) is 12.1. The molecule has 1 N–H and O–H groups in total. The molecule has 1 amide bonds. The van der Waals surface area contributed by atoms with E-state index in [2.05, 4.69) is 30.1 Å². The van der Waals surface area contributed by atoms with Crippen molar-refractivity contribution in [2.75, 3.05) is 20.3 Å². The van der Waals surface area contributed by atoms with Crippen LogP contribution in [-0.2, 0) is 17.5 Å². The van der Waals surface area contributed by atoms with Gasteiger partial charge in [0.1, 0.15) is 12.4 Å². The number of alkyl halides is 3. The van der Waals surface area contributed by atoms with Crippen molar-refractivity contribution in [1.82, 2.24) is 10.2 Å². The quantitative estimate of drug-likeness (QED) is 0.512. The van der Waals surface area contributed by atoms with E-state index in [1.54, 1.807) is 7.11 Å². The number of carbonyl (C=O) groups excluding carboxylic acids is 1. The Bertz CT molecular complexity index is 1040. The SMILES string of the molecule is COCCOc1ccc(CN2C3CCC2CC(NC(=O)c2ccccc2C(F)(F)F)C3)c(C)c1C. The van der Waals surface area contributed by atoms with Crippen LogP contribution < -0.4 is 10.1 Å². The van der Waals surface area contributed by atoms with E-state index in [1.807, 2.05) is 6.07 Å². The molecular formula is C27H33F3N2O3. The summed E-state index contributed by atoms with van der Waals surface area (Å²) in [6.45, 7) is 6.04. The summed E-state index contributed by atoms with van der Waals surface area (Å²) in [5, 5.41) is 2.89. The van der Waals surface area contributed by atoms with Crippen LogP contribution in [0.25, 0.3) is 0 Å². The van der Waals surface area contributed by atoms with Gasteiger partial charge in [-0.1, -0.05) is 18.2 Å². The number of nitrogens with zero attached hydrogens (tertiary/aromatic N) is 1. The molecule has 0 spiro atoms. The molecular weight excluding hydrogens is 457 g/mol. The van der Waals surface area contributed by atoms with E-state index in [1.165, 1.54) is 29.3 Å². The molecule has 2 unspecified atom stereocenters. The highest BCUT2D eigenvalue weighted by Crippen LogP contribution is 2.38. The Morgan fingerprint density at radius 1 is 1.03 bits per heavy atom. The fraction of sp³-hybridized carbons (Fsp3) is 0.519. The predicted molar refractivity (Wildman–Crippen MR) is 128 cm³/mol. The van der Waals surface area contributed by atoms with Crippen LogP contribution in [0.1, 0.15) is 58.3 Å². The number of hydrogen-bond acceptors (Lipinski definition) is 4. The Labute approximate surface area is 204 Å². The summed E-state index contributed by atoms with van der Waals surface area (Å²) in [5.41, 5.74) is 2.38. The maximum absolute atomic E-state index is 13.3.